The van der Waals surface area contributed by atoms with Crippen molar-refractivity contribution in [1.29, 1.82) is 0 Å². The molecule has 1 heterocycles. The summed E-state index contributed by atoms with van der Waals surface area (Å²) in [4.78, 5) is 2.35. The molecule has 1 aromatic rings. The lowest BCUT2D eigenvalue weighted by atomic mass is 9.98. The number of anilines is 1. The van der Waals surface area contributed by atoms with E-state index in [9.17, 15) is 0 Å². The number of rotatable bonds is 2. The number of nitrogens with two attached hydrogens (primary N) is 1. The van der Waals surface area contributed by atoms with E-state index in [1.807, 2.05) is 6.07 Å². The van der Waals surface area contributed by atoms with Gasteiger partial charge in [-0.15, -0.1) is 0 Å². The largest absolute Gasteiger partial charge is 0.495 e. The maximum absolute atomic E-state index is 5.79. The highest BCUT2D eigenvalue weighted by Crippen LogP contribution is 2.31. The zero-order chi connectivity index (χ0) is 10.8. The van der Waals surface area contributed by atoms with Crippen LogP contribution in [0.15, 0.2) is 18.2 Å². The molecular weight excluding hydrogens is 188 g/mol. The third-order valence-electron chi connectivity index (χ3n) is 3.12. The fourth-order valence-electron chi connectivity index (χ4n) is 2.19. The maximum atomic E-state index is 5.79. The minimum Gasteiger partial charge on any atom is -0.495 e. The average molecular weight is 206 g/mol. The summed E-state index contributed by atoms with van der Waals surface area (Å²) in [5.41, 5.74) is 7.84. The maximum Gasteiger partial charge on any atom is 0.142 e. The van der Waals surface area contributed by atoms with Crippen molar-refractivity contribution in [2.45, 2.75) is 12.3 Å². The number of likely N-dealkylation sites (N-methyl/N-ethyl adjacent to an activating group) is 1. The van der Waals surface area contributed by atoms with Crippen molar-refractivity contribution in [3.05, 3.63) is 23.8 Å². The Balaban J connectivity index is 2.21. The predicted octanol–water partition coefficient (Wildman–Crippen LogP) is 1.70. The summed E-state index contributed by atoms with van der Waals surface area (Å²) >= 11 is 0. The van der Waals surface area contributed by atoms with Crippen LogP contribution < -0.4 is 10.5 Å². The molecule has 0 saturated carbocycles. The first-order valence-corrected chi connectivity index (χ1v) is 5.32. The normalized spacial score (nSPS) is 21.9. The highest BCUT2D eigenvalue weighted by Gasteiger charge is 2.21. The molecular formula is C12H18N2O. The van der Waals surface area contributed by atoms with E-state index in [2.05, 4.69) is 24.1 Å². The third kappa shape index (κ3) is 2.07. The quantitative estimate of drug-likeness (QED) is 0.748. The summed E-state index contributed by atoms with van der Waals surface area (Å²) < 4.78 is 5.23. The molecule has 82 valence electrons. The van der Waals surface area contributed by atoms with Crippen LogP contribution in [0.4, 0.5) is 5.69 Å². The predicted molar refractivity (Wildman–Crippen MR) is 62.3 cm³/mol. The van der Waals surface area contributed by atoms with Crippen molar-refractivity contribution in [3.8, 4) is 5.75 Å². The molecule has 1 aliphatic rings. The SMILES string of the molecule is COc1cc(C2CCN(C)C2)ccc1N. The molecule has 1 unspecified atom stereocenters. The number of hydrogen-bond donors (Lipinski definition) is 1. The summed E-state index contributed by atoms with van der Waals surface area (Å²) in [6, 6.07) is 6.12. The van der Waals surface area contributed by atoms with Gasteiger partial charge in [0.05, 0.1) is 12.8 Å². The van der Waals surface area contributed by atoms with E-state index >= 15 is 0 Å². The molecule has 1 fully saturated rings. The van der Waals surface area contributed by atoms with E-state index in [1.165, 1.54) is 18.5 Å². The summed E-state index contributed by atoms with van der Waals surface area (Å²) in [6.07, 6.45) is 1.23. The number of likely N-dealkylation sites (tertiary alicyclic amines) is 1. The summed E-state index contributed by atoms with van der Waals surface area (Å²) in [5.74, 6) is 1.42. The summed E-state index contributed by atoms with van der Waals surface area (Å²) in [6.45, 7) is 2.31. The van der Waals surface area contributed by atoms with Gasteiger partial charge in [-0.05, 0) is 43.6 Å². The lowest BCUT2D eigenvalue weighted by Gasteiger charge is -2.13. The first kappa shape index (κ1) is 10.3. The van der Waals surface area contributed by atoms with E-state index in [0.717, 1.165) is 12.3 Å². The second-order valence-corrected chi connectivity index (χ2v) is 4.25. The number of nitrogen functional groups attached to an aromatic ring is 1. The number of nitrogens with zero attached hydrogens (tertiary/aromatic N) is 1. The van der Waals surface area contributed by atoms with E-state index < -0.39 is 0 Å². The van der Waals surface area contributed by atoms with E-state index in [4.69, 9.17) is 10.5 Å². The topological polar surface area (TPSA) is 38.5 Å². The zero-order valence-electron chi connectivity index (χ0n) is 9.36. The summed E-state index contributed by atoms with van der Waals surface area (Å²) in [7, 11) is 3.82. The number of benzene rings is 1. The van der Waals surface area contributed by atoms with Crippen LogP contribution in [0, 0.1) is 0 Å². The van der Waals surface area contributed by atoms with Gasteiger partial charge < -0.3 is 15.4 Å². The minimum atomic E-state index is 0.629. The van der Waals surface area contributed by atoms with Gasteiger partial charge in [0, 0.05) is 6.54 Å². The number of hydrogen-bond acceptors (Lipinski definition) is 3. The first-order chi connectivity index (χ1) is 7.20. The highest BCUT2D eigenvalue weighted by molar-refractivity contribution is 5.54. The lowest BCUT2D eigenvalue weighted by Crippen LogP contribution is -2.13. The van der Waals surface area contributed by atoms with Gasteiger partial charge in [0.2, 0.25) is 0 Å². The van der Waals surface area contributed by atoms with Crippen molar-refractivity contribution in [1.82, 2.24) is 4.90 Å². The molecule has 1 saturated heterocycles. The molecule has 1 aromatic carbocycles. The molecule has 2 N–H and O–H groups in total. The molecule has 0 amide bonds. The van der Waals surface area contributed by atoms with Gasteiger partial charge in [0.1, 0.15) is 5.75 Å². The van der Waals surface area contributed by atoms with Gasteiger partial charge in [-0.3, -0.25) is 0 Å². The monoisotopic (exact) mass is 206 g/mol. The standard InChI is InChI=1S/C12H18N2O/c1-14-6-5-10(8-14)9-3-4-11(13)12(7-9)15-2/h3-4,7,10H,5-6,8,13H2,1-2H3. The fourth-order valence-corrected chi connectivity index (χ4v) is 2.19. The molecule has 0 radical (unpaired) electrons. The van der Waals surface area contributed by atoms with Crippen LogP contribution in [0.1, 0.15) is 17.9 Å². The molecule has 3 nitrogen and oxygen atoms in total. The van der Waals surface area contributed by atoms with E-state index in [-0.39, 0.29) is 0 Å². The Bertz CT molecular complexity index is 351. The molecule has 3 heteroatoms. The Morgan fingerprint density at radius 1 is 1.47 bits per heavy atom. The molecule has 0 aromatic heterocycles. The van der Waals surface area contributed by atoms with Crippen LogP contribution >= 0.6 is 0 Å². The van der Waals surface area contributed by atoms with Gasteiger partial charge >= 0.3 is 0 Å². The van der Waals surface area contributed by atoms with Crippen LogP contribution in [0.3, 0.4) is 0 Å². The molecule has 0 spiro atoms. The van der Waals surface area contributed by atoms with Crippen molar-refractivity contribution >= 4 is 5.69 Å². The molecule has 0 aliphatic carbocycles. The second-order valence-electron chi connectivity index (χ2n) is 4.25. The third-order valence-corrected chi connectivity index (χ3v) is 3.12. The minimum absolute atomic E-state index is 0.629. The first-order valence-electron chi connectivity index (χ1n) is 5.32. The Hall–Kier alpha value is -1.22. The van der Waals surface area contributed by atoms with Crippen molar-refractivity contribution in [2.75, 3.05) is 33.0 Å². The van der Waals surface area contributed by atoms with Crippen LogP contribution in [0.5, 0.6) is 5.75 Å². The lowest BCUT2D eigenvalue weighted by molar-refractivity contribution is 0.409. The van der Waals surface area contributed by atoms with Crippen LogP contribution in [0.2, 0.25) is 0 Å². The van der Waals surface area contributed by atoms with E-state index in [0.29, 0.717) is 11.6 Å². The number of methoxy groups -OCH3 is 1. The molecule has 2 rings (SSSR count). The van der Waals surface area contributed by atoms with Gasteiger partial charge in [-0.1, -0.05) is 6.07 Å². The number of ether oxygens (including phenoxy) is 1. The van der Waals surface area contributed by atoms with Crippen LogP contribution in [0.25, 0.3) is 0 Å². The van der Waals surface area contributed by atoms with Gasteiger partial charge in [-0.25, -0.2) is 0 Å². The average Bonchev–Trinajstić information content (AvgIpc) is 2.66. The molecule has 1 atom stereocenters. The molecule has 0 bridgehead atoms. The van der Waals surface area contributed by atoms with Gasteiger partial charge in [0.25, 0.3) is 0 Å². The van der Waals surface area contributed by atoms with Crippen molar-refractivity contribution in [3.63, 3.8) is 0 Å². The highest BCUT2D eigenvalue weighted by atomic mass is 16.5. The molecule has 1 aliphatic heterocycles. The van der Waals surface area contributed by atoms with Gasteiger partial charge in [0.15, 0.2) is 0 Å². The smallest absolute Gasteiger partial charge is 0.142 e. The van der Waals surface area contributed by atoms with E-state index in [1.54, 1.807) is 7.11 Å². The Morgan fingerprint density at radius 2 is 2.27 bits per heavy atom. The van der Waals surface area contributed by atoms with Gasteiger partial charge in [-0.2, -0.15) is 0 Å². The fraction of sp³-hybridized carbons (Fsp3) is 0.500. The zero-order valence-corrected chi connectivity index (χ0v) is 9.36. The Labute approximate surface area is 90.8 Å². The Morgan fingerprint density at radius 3 is 2.87 bits per heavy atom. The van der Waals surface area contributed by atoms with Crippen LogP contribution in [-0.4, -0.2) is 32.1 Å². The Kier molecular flexibility index (Phi) is 2.82. The van der Waals surface area contributed by atoms with Crippen molar-refractivity contribution < 1.29 is 4.74 Å². The summed E-state index contributed by atoms with van der Waals surface area (Å²) in [5, 5.41) is 0. The van der Waals surface area contributed by atoms with Crippen LogP contribution in [-0.2, 0) is 0 Å². The second kappa shape index (κ2) is 4.11. The van der Waals surface area contributed by atoms with Crippen molar-refractivity contribution in [2.24, 2.45) is 0 Å². The molecule has 15 heavy (non-hydrogen) atoms.